The van der Waals surface area contributed by atoms with E-state index in [-0.39, 0.29) is 6.03 Å². The average molecular weight is 271 g/mol. The SMILES string of the molecule is CCC1(C(=O)O)CCCN(C(=O)NCCCNC)C1. The fraction of sp³-hybridized carbons (Fsp3) is 0.846. The first-order chi connectivity index (χ1) is 9.05. The van der Waals surface area contributed by atoms with E-state index in [4.69, 9.17) is 0 Å². The lowest BCUT2D eigenvalue weighted by atomic mass is 9.78. The van der Waals surface area contributed by atoms with E-state index in [2.05, 4.69) is 10.6 Å². The molecule has 19 heavy (non-hydrogen) atoms. The molecular formula is C13H25N3O3. The number of piperidine rings is 1. The average Bonchev–Trinajstić information content (AvgIpc) is 2.43. The van der Waals surface area contributed by atoms with Gasteiger partial charge in [0.25, 0.3) is 0 Å². The second-order valence-electron chi connectivity index (χ2n) is 5.15. The molecule has 0 saturated carbocycles. The van der Waals surface area contributed by atoms with E-state index in [1.54, 1.807) is 4.90 Å². The first kappa shape index (κ1) is 15.8. The maximum absolute atomic E-state index is 12.0. The summed E-state index contributed by atoms with van der Waals surface area (Å²) in [7, 11) is 1.87. The molecule has 6 heteroatoms. The number of carboxylic acids is 1. The topological polar surface area (TPSA) is 81.7 Å². The number of hydrogen-bond donors (Lipinski definition) is 3. The third-order valence-electron chi connectivity index (χ3n) is 3.87. The quantitative estimate of drug-likeness (QED) is 0.626. The Labute approximate surface area is 114 Å². The highest BCUT2D eigenvalue weighted by Crippen LogP contribution is 2.33. The summed E-state index contributed by atoms with van der Waals surface area (Å²) in [6, 6.07) is -0.144. The molecule has 1 saturated heterocycles. The lowest BCUT2D eigenvalue weighted by molar-refractivity contribution is -0.152. The molecule has 1 aliphatic rings. The van der Waals surface area contributed by atoms with Crippen LogP contribution in [0.1, 0.15) is 32.6 Å². The van der Waals surface area contributed by atoms with Gasteiger partial charge in [-0.2, -0.15) is 0 Å². The van der Waals surface area contributed by atoms with Crippen LogP contribution in [0.4, 0.5) is 4.79 Å². The van der Waals surface area contributed by atoms with Crippen molar-refractivity contribution in [1.29, 1.82) is 0 Å². The highest BCUT2D eigenvalue weighted by atomic mass is 16.4. The van der Waals surface area contributed by atoms with Crippen LogP contribution in [0.3, 0.4) is 0 Å². The zero-order valence-corrected chi connectivity index (χ0v) is 11.9. The van der Waals surface area contributed by atoms with Gasteiger partial charge >= 0.3 is 12.0 Å². The van der Waals surface area contributed by atoms with Gasteiger partial charge in [0.05, 0.1) is 5.41 Å². The first-order valence-electron chi connectivity index (χ1n) is 6.96. The summed E-state index contributed by atoms with van der Waals surface area (Å²) in [5.41, 5.74) is -0.763. The van der Waals surface area contributed by atoms with E-state index in [9.17, 15) is 14.7 Å². The molecule has 1 heterocycles. The van der Waals surface area contributed by atoms with Gasteiger partial charge in [-0.15, -0.1) is 0 Å². The van der Waals surface area contributed by atoms with Crippen LogP contribution in [0.5, 0.6) is 0 Å². The molecule has 6 nitrogen and oxygen atoms in total. The Morgan fingerprint density at radius 2 is 2.11 bits per heavy atom. The van der Waals surface area contributed by atoms with E-state index in [0.717, 1.165) is 19.4 Å². The Hall–Kier alpha value is -1.30. The van der Waals surface area contributed by atoms with E-state index >= 15 is 0 Å². The van der Waals surface area contributed by atoms with Crippen molar-refractivity contribution >= 4 is 12.0 Å². The molecule has 2 amide bonds. The number of carbonyl (C=O) groups is 2. The third-order valence-corrected chi connectivity index (χ3v) is 3.87. The van der Waals surface area contributed by atoms with E-state index in [1.807, 2.05) is 14.0 Å². The van der Waals surface area contributed by atoms with Gasteiger partial charge in [-0.25, -0.2) is 4.79 Å². The largest absolute Gasteiger partial charge is 0.481 e. The first-order valence-corrected chi connectivity index (χ1v) is 6.96. The van der Waals surface area contributed by atoms with Crippen LogP contribution in [0.2, 0.25) is 0 Å². The van der Waals surface area contributed by atoms with E-state index in [0.29, 0.717) is 32.5 Å². The molecule has 0 spiro atoms. The minimum Gasteiger partial charge on any atom is -0.481 e. The fourth-order valence-corrected chi connectivity index (χ4v) is 2.49. The van der Waals surface area contributed by atoms with Crippen LogP contribution < -0.4 is 10.6 Å². The van der Waals surface area contributed by atoms with E-state index in [1.165, 1.54) is 0 Å². The van der Waals surface area contributed by atoms with Gasteiger partial charge in [0.15, 0.2) is 0 Å². The molecular weight excluding hydrogens is 246 g/mol. The van der Waals surface area contributed by atoms with E-state index < -0.39 is 11.4 Å². The van der Waals surface area contributed by atoms with Crippen molar-refractivity contribution in [3.05, 3.63) is 0 Å². The van der Waals surface area contributed by atoms with Gasteiger partial charge in [-0.3, -0.25) is 4.79 Å². The molecule has 0 aromatic heterocycles. The Morgan fingerprint density at radius 3 is 2.68 bits per heavy atom. The van der Waals surface area contributed by atoms with Crippen molar-refractivity contribution in [2.75, 3.05) is 33.2 Å². The predicted molar refractivity (Wildman–Crippen MR) is 73.1 cm³/mol. The van der Waals surface area contributed by atoms with Gasteiger partial charge in [0.1, 0.15) is 0 Å². The third kappa shape index (κ3) is 4.09. The molecule has 1 atom stereocenters. The fourth-order valence-electron chi connectivity index (χ4n) is 2.49. The number of nitrogens with one attached hydrogen (secondary N) is 2. The smallest absolute Gasteiger partial charge is 0.317 e. The summed E-state index contributed by atoms with van der Waals surface area (Å²) in [6.45, 7) is 4.31. The lowest BCUT2D eigenvalue weighted by Crippen LogP contribution is -2.52. The molecule has 1 rings (SSSR count). The Bertz CT molecular complexity index is 322. The Balaban J connectivity index is 2.49. The summed E-state index contributed by atoms with van der Waals surface area (Å²) in [4.78, 5) is 25.0. The minimum absolute atomic E-state index is 0.144. The zero-order valence-electron chi connectivity index (χ0n) is 11.9. The summed E-state index contributed by atoms with van der Waals surface area (Å²) < 4.78 is 0. The molecule has 0 aromatic carbocycles. The molecule has 1 unspecified atom stereocenters. The predicted octanol–water partition coefficient (Wildman–Crippen LogP) is 0.882. The number of rotatable bonds is 6. The van der Waals surface area contributed by atoms with Gasteiger partial charge in [-0.05, 0) is 39.3 Å². The van der Waals surface area contributed by atoms with Crippen LogP contribution in [-0.4, -0.2) is 55.2 Å². The normalized spacial score (nSPS) is 23.2. The maximum Gasteiger partial charge on any atom is 0.317 e. The number of nitrogens with zero attached hydrogens (tertiary/aromatic N) is 1. The molecule has 0 aliphatic carbocycles. The zero-order chi connectivity index (χ0) is 14.3. The Morgan fingerprint density at radius 1 is 1.37 bits per heavy atom. The number of carbonyl (C=O) groups excluding carboxylic acids is 1. The molecule has 1 aliphatic heterocycles. The van der Waals surface area contributed by atoms with Crippen molar-refractivity contribution < 1.29 is 14.7 Å². The second-order valence-corrected chi connectivity index (χ2v) is 5.15. The molecule has 3 N–H and O–H groups in total. The number of urea groups is 1. The lowest BCUT2D eigenvalue weighted by Gasteiger charge is -2.39. The van der Waals surface area contributed by atoms with Crippen LogP contribution >= 0.6 is 0 Å². The van der Waals surface area contributed by atoms with Crippen molar-refractivity contribution in [3.8, 4) is 0 Å². The van der Waals surface area contributed by atoms with Crippen LogP contribution in [0.25, 0.3) is 0 Å². The van der Waals surface area contributed by atoms with Gasteiger partial charge in [-0.1, -0.05) is 6.92 Å². The van der Waals surface area contributed by atoms with Crippen molar-refractivity contribution in [2.24, 2.45) is 5.41 Å². The minimum atomic E-state index is -0.789. The number of amides is 2. The van der Waals surface area contributed by atoms with Crippen LogP contribution in [0, 0.1) is 5.41 Å². The number of aliphatic carboxylic acids is 1. The molecule has 110 valence electrons. The molecule has 0 radical (unpaired) electrons. The molecule has 0 aromatic rings. The summed E-state index contributed by atoms with van der Waals surface area (Å²) in [5.74, 6) is -0.789. The summed E-state index contributed by atoms with van der Waals surface area (Å²) >= 11 is 0. The molecule has 1 fully saturated rings. The second kappa shape index (κ2) is 7.33. The maximum atomic E-state index is 12.0. The standard InChI is InChI=1S/C13H25N3O3/c1-3-13(11(17)18)6-4-9-16(10-13)12(19)15-8-5-7-14-2/h14H,3-10H2,1-2H3,(H,15,19)(H,17,18). The van der Waals surface area contributed by atoms with Gasteiger partial charge < -0.3 is 20.6 Å². The van der Waals surface area contributed by atoms with Crippen molar-refractivity contribution in [1.82, 2.24) is 15.5 Å². The number of likely N-dealkylation sites (tertiary alicyclic amines) is 1. The Kier molecular flexibility index (Phi) is 6.08. The summed E-state index contributed by atoms with van der Waals surface area (Å²) in [5, 5.41) is 15.2. The van der Waals surface area contributed by atoms with Crippen LogP contribution in [-0.2, 0) is 4.79 Å². The highest BCUT2D eigenvalue weighted by molar-refractivity contribution is 5.78. The van der Waals surface area contributed by atoms with Gasteiger partial charge in [0, 0.05) is 19.6 Å². The van der Waals surface area contributed by atoms with Crippen LogP contribution in [0.15, 0.2) is 0 Å². The number of carboxylic acid groups (broad SMARTS) is 1. The molecule has 0 bridgehead atoms. The van der Waals surface area contributed by atoms with Gasteiger partial charge in [0.2, 0.25) is 0 Å². The monoisotopic (exact) mass is 271 g/mol. The van der Waals surface area contributed by atoms with Crippen molar-refractivity contribution in [3.63, 3.8) is 0 Å². The van der Waals surface area contributed by atoms with Crippen molar-refractivity contribution in [2.45, 2.75) is 32.6 Å². The highest BCUT2D eigenvalue weighted by Gasteiger charge is 2.42. The summed E-state index contributed by atoms with van der Waals surface area (Å²) in [6.07, 6.45) is 2.84. The number of hydrogen-bond acceptors (Lipinski definition) is 3.